The van der Waals surface area contributed by atoms with Gasteiger partial charge < -0.3 is 9.15 Å². The van der Waals surface area contributed by atoms with E-state index in [4.69, 9.17) is 20.8 Å². The molecule has 0 radical (unpaired) electrons. The molecule has 1 aromatic carbocycles. The molecule has 5 nitrogen and oxygen atoms in total. The van der Waals surface area contributed by atoms with Crippen LogP contribution in [0.1, 0.15) is 44.2 Å². The van der Waals surface area contributed by atoms with Crippen LogP contribution in [0.4, 0.5) is 0 Å². The third-order valence-electron chi connectivity index (χ3n) is 4.92. The molecule has 0 bridgehead atoms. The summed E-state index contributed by atoms with van der Waals surface area (Å²) >= 11 is 6.37. The highest BCUT2D eigenvalue weighted by Crippen LogP contribution is 2.28. The number of ether oxygens (including phenoxy) is 1. The van der Waals surface area contributed by atoms with Crippen LogP contribution in [0.25, 0.3) is 11.0 Å². The first-order valence-electron chi connectivity index (χ1n) is 9.19. The monoisotopic (exact) mass is 377 g/mol. The number of piperidine rings is 1. The lowest BCUT2D eigenvalue weighted by Gasteiger charge is -2.34. The Balaban J connectivity index is 1.97. The third-order valence-corrected chi connectivity index (χ3v) is 5.28. The topological polar surface area (TPSA) is 59.8 Å². The summed E-state index contributed by atoms with van der Waals surface area (Å²) in [5.41, 5.74) is 1.93. The predicted octanol–water partition coefficient (Wildman–Crippen LogP) is 3.93. The Morgan fingerprint density at radius 1 is 1.27 bits per heavy atom. The number of hydrogen-bond acceptors (Lipinski definition) is 5. The van der Waals surface area contributed by atoms with Gasteiger partial charge in [-0.2, -0.15) is 0 Å². The number of rotatable bonds is 5. The second-order valence-corrected chi connectivity index (χ2v) is 7.03. The molecule has 1 atom stereocenters. The van der Waals surface area contributed by atoms with Crippen LogP contribution in [0.5, 0.6) is 0 Å². The van der Waals surface area contributed by atoms with E-state index in [1.807, 2.05) is 26.0 Å². The summed E-state index contributed by atoms with van der Waals surface area (Å²) in [6, 6.07) is 4.93. The summed E-state index contributed by atoms with van der Waals surface area (Å²) in [7, 11) is 0. The molecule has 0 aliphatic carbocycles. The van der Waals surface area contributed by atoms with Crippen LogP contribution in [0.15, 0.2) is 27.4 Å². The SMILES string of the molecule is CCOC(=O)[C@@H]1CCCCN1Cc1cc(=O)oc2cc(CC)c(Cl)cc12. The predicted molar refractivity (Wildman–Crippen MR) is 102 cm³/mol. The van der Waals surface area contributed by atoms with Gasteiger partial charge in [0.25, 0.3) is 0 Å². The highest BCUT2D eigenvalue weighted by atomic mass is 35.5. The van der Waals surface area contributed by atoms with Gasteiger partial charge in [0.2, 0.25) is 0 Å². The van der Waals surface area contributed by atoms with E-state index < -0.39 is 0 Å². The molecular weight excluding hydrogens is 354 g/mol. The molecule has 0 amide bonds. The Morgan fingerprint density at radius 2 is 2.08 bits per heavy atom. The maximum Gasteiger partial charge on any atom is 0.336 e. The molecule has 1 saturated heterocycles. The van der Waals surface area contributed by atoms with E-state index in [1.165, 1.54) is 6.07 Å². The van der Waals surface area contributed by atoms with Gasteiger partial charge in [-0.05, 0) is 56.0 Å². The summed E-state index contributed by atoms with van der Waals surface area (Å²) in [6.45, 7) is 5.48. The van der Waals surface area contributed by atoms with Crippen molar-refractivity contribution in [3.63, 3.8) is 0 Å². The van der Waals surface area contributed by atoms with Crippen molar-refractivity contribution in [3.05, 3.63) is 44.8 Å². The van der Waals surface area contributed by atoms with E-state index in [9.17, 15) is 9.59 Å². The van der Waals surface area contributed by atoms with E-state index >= 15 is 0 Å². The van der Waals surface area contributed by atoms with Gasteiger partial charge in [-0.15, -0.1) is 0 Å². The minimum atomic E-state index is -0.387. The lowest BCUT2D eigenvalue weighted by atomic mass is 10.00. The van der Waals surface area contributed by atoms with Gasteiger partial charge in [0, 0.05) is 23.0 Å². The maximum absolute atomic E-state index is 12.3. The van der Waals surface area contributed by atoms with Crippen molar-refractivity contribution in [2.75, 3.05) is 13.2 Å². The molecule has 2 heterocycles. The highest BCUT2D eigenvalue weighted by Gasteiger charge is 2.30. The molecule has 0 spiro atoms. The smallest absolute Gasteiger partial charge is 0.336 e. The third kappa shape index (κ3) is 3.94. The fourth-order valence-electron chi connectivity index (χ4n) is 3.59. The van der Waals surface area contributed by atoms with Gasteiger partial charge in [0.05, 0.1) is 6.61 Å². The number of nitrogens with zero attached hydrogens (tertiary/aromatic N) is 1. The number of halogens is 1. The standard InChI is InChI=1S/C20H24ClNO4/c1-3-13-9-18-15(11-16(13)21)14(10-19(23)26-18)12-22-8-6-5-7-17(22)20(24)25-4-2/h9-11,17H,3-8,12H2,1-2H3/t17-/m0/s1. The van der Waals surface area contributed by atoms with Crippen LogP contribution in [-0.2, 0) is 22.5 Å². The second-order valence-electron chi connectivity index (χ2n) is 6.62. The molecule has 1 fully saturated rings. The highest BCUT2D eigenvalue weighted by molar-refractivity contribution is 6.32. The second kappa shape index (κ2) is 8.23. The van der Waals surface area contributed by atoms with Crippen molar-refractivity contribution in [2.24, 2.45) is 0 Å². The minimum absolute atomic E-state index is 0.189. The number of aryl methyl sites for hydroxylation is 1. The Hall–Kier alpha value is -1.85. The van der Waals surface area contributed by atoms with Crippen LogP contribution in [0, 0.1) is 0 Å². The molecule has 26 heavy (non-hydrogen) atoms. The average Bonchev–Trinajstić information content (AvgIpc) is 2.62. The van der Waals surface area contributed by atoms with Gasteiger partial charge in [0.1, 0.15) is 11.6 Å². The summed E-state index contributed by atoms with van der Waals surface area (Å²) in [6.07, 6.45) is 3.57. The molecular formula is C20H24ClNO4. The summed E-state index contributed by atoms with van der Waals surface area (Å²) in [4.78, 5) is 26.4. The first kappa shape index (κ1) is 18.9. The van der Waals surface area contributed by atoms with Crippen LogP contribution >= 0.6 is 11.6 Å². The maximum atomic E-state index is 12.3. The van der Waals surface area contributed by atoms with E-state index in [-0.39, 0.29) is 17.6 Å². The van der Waals surface area contributed by atoms with E-state index in [0.29, 0.717) is 23.8 Å². The molecule has 0 unspecified atom stereocenters. The molecule has 6 heteroatoms. The molecule has 140 valence electrons. The summed E-state index contributed by atoms with van der Waals surface area (Å²) < 4.78 is 10.6. The van der Waals surface area contributed by atoms with Gasteiger partial charge in [-0.3, -0.25) is 9.69 Å². The first-order valence-corrected chi connectivity index (χ1v) is 9.57. The Kier molecular flexibility index (Phi) is 5.99. The van der Waals surface area contributed by atoms with E-state index in [2.05, 4.69) is 4.90 Å². The molecule has 0 saturated carbocycles. The van der Waals surface area contributed by atoms with E-state index in [1.54, 1.807) is 0 Å². The zero-order valence-corrected chi connectivity index (χ0v) is 16.0. The van der Waals surface area contributed by atoms with Crippen molar-refractivity contribution < 1.29 is 13.9 Å². The summed E-state index contributed by atoms with van der Waals surface area (Å²) in [5, 5.41) is 1.48. The molecule has 0 N–H and O–H groups in total. The fraction of sp³-hybridized carbons (Fsp3) is 0.500. The molecule has 3 rings (SSSR count). The number of carbonyl (C=O) groups excluding carboxylic acids is 1. The number of carbonyl (C=O) groups is 1. The van der Waals surface area contributed by atoms with Crippen LogP contribution in [0.3, 0.4) is 0 Å². The average molecular weight is 378 g/mol. The Morgan fingerprint density at radius 3 is 2.81 bits per heavy atom. The van der Waals surface area contributed by atoms with Gasteiger partial charge >= 0.3 is 11.6 Å². The number of esters is 1. The number of hydrogen-bond donors (Lipinski definition) is 0. The zero-order valence-electron chi connectivity index (χ0n) is 15.2. The van der Waals surface area contributed by atoms with Gasteiger partial charge in [-0.25, -0.2) is 4.79 Å². The normalized spacial score (nSPS) is 18.2. The van der Waals surface area contributed by atoms with Crippen molar-refractivity contribution in [1.29, 1.82) is 0 Å². The lowest BCUT2D eigenvalue weighted by molar-refractivity contribution is -0.151. The molecule has 1 aromatic heterocycles. The fourth-order valence-corrected chi connectivity index (χ4v) is 3.89. The Labute approximate surface area is 157 Å². The Bertz CT molecular complexity index is 861. The van der Waals surface area contributed by atoms with E-state index in [0.717, 1.165) is 48.7 Å². The molecule has 1 aliphatic rings. The number of fused-ring (bicyclic) bond motifs is 1. The number of likely N-dealkylation sites (tertiary alicyclic amines) is 1. The van der Waals surface area contributed by atoms with Crippen LogP contribution < -0.4 is 5.63 Å². The summed E-state index contributed by atoms with van der Waals surface area (Å²) in [5.74, 6) is -0.189. The quantitative estimate of drug-likeness (QED) is 0.583. The lowest BCUT2D eigenvalue weighted by Crippen LogP contribution is -2.45. The zero-order chi connectivity index (χ0) is 18.7. The van der Waals surface area contributed by atoms with Crippen molar-refractivity contribution >= 4 is 28.5 Å². The molecule has 2 aromatic rings. The van der Waals surface area contributed by atoms with Crippen LogP contribution in [0.2, 0.25) is 5.02 Å². The van der Waals surface area contributed by atoms with Crippen molar-refractivity contribution in [3.8, 4) is 0 Å². The first-order chi connectivity index (χ1) is 12.5. The minimum Gasteiger partial charge on any atom is -0.465 e. The van der Waals surface area contributed by atoms with Gasteiger partial charge in [0.15, 0.2) is 0 Å². The van der Waals surface area contributed by atoms with Crippen LogP contribution in [-0.4, -0.2) is 30.1 Å². The van der Waals surface area contributed by atoms with Gasteiger partial charge in [-0.1, -0.05) is 24.9 Å². The van der Waals surface area contributed by atoms with Crippen molar-refractivity contribution in [1.82, 2.24) is 4.90 Å². The number of benzene rings is 1. The van der Waals surface area contributed by atoms with Crippen molar-refractivity contribution in [2.45, 2.75) is 52.1 Å². The largest absolute Gasteiger partial charge is 0.465 e. The molecule has 1 aliphatic heterocycles.